The largest absolute Gasteiger partial charge is 0.535 e. The highest BCUT2D eigenvalue weighted by Crippen LogP contribution is 2.37. The Balaban J connectivity index is 1.66. The van der Waals surface area contributed by atoms with Gasteiger partial charge in [-0.15, -0.1) is 0 Å². The molecule has 10 nitrogen and oxygen atoms in total. The van der Waals surface area contributed by atoms with Crippen molar-refractivity contribution in [2.45, 2.75) is 31.3 Å². The summed E-state index contributed by atoms with van der Waals surface area (Å²) in [6, 6.07) is 2.22. The predicted octanol–water partition coefficient (Wildman–Crippen LogP) is -1.41. The van der Waals surface area contributed by atoms with Gasteiger partial charge in [-0.3, -0.25) is 9.59 Å². The zero-order chi connectivity index (χ0) is 19.7. The van der Waals surface area contributed by atoms with E-state index in [1.807, 2.05) is 0 Å². The van der Waals surface area contributed by atoms with E-state index in [0.29, 0.717) is 18.3 Å². The molecule has 6 N–H and O–H groups in total. The van der Waals surface area contributed by atoms with Crippen molar-refractivity contribution < 1.29 is 33.9 Å². The predicted molar refractivity (Wildman–Crippen MR) is 93.3 cm³/mol. The summed E-state index contributed by atoms with van der Waals surface area (Å²) in [5.74, 6) is -2.08. The van der Waals surface area contributed by atoms with E-state index in [9.17, 15) is 24.5 Å². The Morgan fingerprint density at radius 3 is 2.70 bits per heavy atom. The second-order valence-corrected chi connectivity index (χ2v) is 6.59. The number of likely N-dealkylation sites (tertiary alicyclic amines) is 1. The van der Waals surface area contributed by atoms with Crippen LogP contribution in [0.3, 0.4) is 0 Å². The van der Waals surface area contributed by atoms with E-state index in [0.717, 1.165) is 0 Å². The zero-order valence-corrected chi connectivity index (χ0v) is 14.5. The number of rotatable bonds is 6. The highest BCUT2D eigenvalue weighted by molar-refractivity contribution is 6.44. The molecule has 0 bridgehead atoms. The molecule has 2 aliphatic heterocycles. The summed E-state index contributed by atoms with van der Waals surface area (Å²) in [6.07, 6.45) is 0.304. The van der Waals surface area contributed by atoms with Crippen LogP contribution in [0.1, 0.15) is 22.3 Å². The van der Waals surface area contributed by atoms with Gasteiger partial charge in [-0.1, -0.05) is 6.07 Å². The molecule has 1 saturated heterocycles. The normalized spacial score (nSPS) is 17.4. The lowest BCUT2D eigenvalue weighted by Crippen LogP contribution is -2.57. The van der Waals surface area contributed by atoms with Crippen molar-refractivity contribution in [1.82, 2.24) is 4.90 Å². The molecule has 27 heavy (non-hydrogen) atoms. The summed E-state index contributed by atoms with van der Waals surface area (Å²) in [7, 11) is -1.06. The third kappa shape index (κ3) is 3.98. The Morgan fingerprint density at radius 1 is 1.37 bits per heavy atom. The van der Waals surface area contributed by atoms with Crippen molar-refractivity contribution >= 4 is 24.9 Å². The highest BCUT2D eigenvalue weighted by Gasteiger charge is 2.36. The van der Waals surface area contributed by atoms with E-state index in [1.54, 1.807) is 12.1 Å². The topological polar surface area (TPSA) is 165 Å². The first-order valence-corrected chi connectivity index (χ1v) is 8.49. The second-order valence-electron chi connectivity index (χ2n) is 6.59. The molecule has 1 atom stereocenters. The van der Waals surface area contributed by atoms with Crippen LogP contribution >= 0.6 is 0 Å². The Hall–Kier alpha value is -2.79. The number of hydrogen-bond donors (Lipinski definition) is 4. The number of nitrogens with zero attached hydrogens (tertiary/aromatic N) is 1. The van der Waals surface area contributed by atoms with Gasteiger partial charge in [0.25, 0.3) is 0 Å². The molecule has 3 rings (SSSR count). The first-order chi connectivity index (χ1) is 12.8. The molecule has 2 amide bonds. The van der Waals surface area contributed by atoms with Crippen molar-refractivity contribution in [2.75, 3.05) is 13.1 Å². The first kappa shape index (κ1) is 19.0. The van der Waals surface area contributed by atoms with Crippen LogP contribution in [0.25, 0.3) is 0 Å². The standard InChI is InChI=1S/C16H20BN3O7/c18-10(15(19)22)5-12(21)20-6-9(7-20)26-11-2-1-8-3-4-17(25)27-14(8)13(11)16(23)24/h1-2,9-10,25H,3-7,18H2,(H2,19,22)(H,23,24)/t10-/m1/s1. The van der Waals surface area contributed by atoms with Crippen LogP contribution in [0.5, 0.6) is 11.5 Å². The number of carbonyl (C=O) groups excluding carboxylic acids is 2. The van der Waals surface area contributed by atoms with Crippen molar-refractivity contribution in [3.63, 3.8) is 0 Å². The average Bonchev–Trinajstić information content (AvgIpc) is 2.56. The molecule has 1 aromatic carbocycles. The third-order valence-corrected chi connectivity index (χ3v) is 4.58. The van der Waals surface area contributed by atoms with Crippen LogP contribution in [0.4, 0.5) is 0 Å². The van der Waals surface area contributed by atoms with Crippen molar-refractivity contribution in [3.05, 3.63) is 23.3 Å². The number of amides is 2. The van der Waals surface area contributed by atoms with Gasteiger partial charge in [-0.2, -0.15) is 0 Å². The van der Waals surface area contributed by atoms with Crippen molar-refractivity contribution in [3.8, 4) is 11.5 Å². The number of aromatic carboxylic acids is 1. The number of fused-ring (bicyclic) bond motifs is 1. The lowest BCUT2D eigenvalue weighted by atomic mass is 9.78. The quantitative estimate of drug-likeness (QED) is 0.439. The maximum Gasteiger partial charge on any atom is 0.522 e. The number of carbonyl (C=O) groups is 3. The molecule has 11 heteroatoms. The van der Waals surface area contributed by atoms with E-state index in [-0.39, 0.29) is 42.5 Å². The molecule has 0 saturated carbocycles. The van der Waals surface area contributed by atoms with Gasteiger partial charge in [0.15, 0.2) is 0 Å². The minimum Gasteiger partial charge on any atom is -0.535 e. The van der Waals surface area contributed by atoms with Gasteiger partial charge in [0, 0.05) is 0 Å². The number of hydrogen-bond acceptors (Lipinski definition) is 7. The molecule has 1 fully saturated rings. The molecule has 0 unspecified atom stereocenters. The van der Waals surface area contributed by atoms with Gasteiger partial charge < -0.3 is 35.9 Å². The molecule has 144 valence electrons. The number of carboxylic acid groups (broad SMARTS) is 1. The summed E-state index contributed by atoms with van der Waals surface area (Å²) >= 11 is 0. The second kappa shape index (κ2) is 7.45. The summed E-state index contributed by atoms with van der Waals surface area (Å²) in [6.45, 7) is 0.480. The number of carboxylic acids is 1. The molecule has 2 aliphatic rings. The van der Waals surface area contributed by atoms with Crippen molar-refractivity contribution in [2.24, 2.45) is 11.5 Å². The number of ether oxygens (including phenoxy) is 1. The van der Waals surface area contributed by atoms with Gasteiger partial charge in [0.1, 0.15) is 23.2 Å². The number of nitrogens with two attached hydrogens (primary N) is 2. The van der Waals surface area contributed by atoms with E-state index in [4.69, 9.17) is 20.9 Å². The molecule has 0 aliphatic carbocycles. The van der Waals surface area contributed by atoms with Crippen LogP contribution in [0.2, 0.25) is 6.32 Å². The first-order valence-electron chi connectivity index (χ1n) is 8.49. The lowest BCUT2D eigenvalue weighted by molar-refractivity contribution is -0.141. The van der Waals surface area contributed by atoms with E-state index in [1.165, 1.54) is 4.90 Å². The fraction of sp³-hybridized carbons (Fsp3) is 0.438. The van der Waals surface area contributed by atoms with Crippen LogP contribution < -0.4 is 20.9 Å². The van der Waals surface area contributed by atoms with E-state index in [2.05, 4.69) is 0 Å². The third-order valence-electron chi connectivity index (χ3n) is 4.58. The zero-order valence-electron chi connectivity index (χ0n) is 14.5. The van der Waals surface area contributed by atoms with Crippen LogP contribution in [-0.4, -0.2) is 65.2 Å². The summed E-state index contributed by atoms with van der Waals surface area (Å²) in [4.78, 5) is 36.0. The van der Waals surface area contributed by atoms with Gasteiger partial charge in [-0.05, 0) is 24.4 Å². The fourth-order valence-electron chi connectivity index (χ4n) is 3.03. The summed E-state index contributed by atoms with van der Waals surface area (Å²) in [5.41, 5.74) is 11.1. The maximum absolute atomic E-state index is 12.0. The highest BCUT2D eigenvalue weighted by atomic mass is 16.5. The molecule has 2 heterocycles. The Labute approximate surface area is 155 Å². The molecular weight excluding hydrogens is 357 g/mol. The fourth-order valence-corrected chi connectivity index (χ4v) is 3.03. The van der Waals surface area contributed by atoms with E-state index >= 15 is 0 Å². The molecule has 1 aromatic rings. The SMILES string of the molecule is NC(=O)[C@H](N)CC(=O)N1CC(Oc2ccc3c(c2C(=O)O)OB(O)CC3)C1. The molecule has 0 spiro atoms. The molecule has 0 aromatic heterocycles. The van der Waals surface area contributed by atoms with Crippen LogP contribution in [0.15, 0.2) is 12.1 Å². The van der Waals surface area contributed by atoms with Gasteiger partial charge in [0.05, 0.1) is 25.6 Å². The van der Waals surface area contributed by atoms with Crippen LogP contribution in [0, 0.1) is 0 Å². The van der Waals surface area contributed by atoms with Gasteiger partial charge in [-0.25, -0.2) is 4.79 Å². The van der Waals surface area contributed by atoms with Gasteiger partial charge >= 0.3 is 13.1 Å². The van der Waals surface area contributed by atoms with E-state index < -0.39 is 31.1 Å². The monoisotopic (exact) mass is 377 g/mol. The Kier molecular flexibility index (Phi) is 5.24. The maximum atomic E-state index is 12.0. The van der Waals surface area contributed by atoms with Crippen molar-refractivity contribution in [1.29, 1.82) is 0 Å². The molecule has 0 radical (unpaired) electrons. The lowest BCUT2D eigenvalue weighted by Gasteiger charge is -2.39. The van der Waals surface area contributed by atoms with Crippen LogP contribution in [-0.2, 0) is 16.0 Å². The summed E-state index contributed by atoms with van der Waals surface area (Å²) in [5, 5.41) is 19.2. The number of primary amides is 1. The Bertz CT molecular complexity index is 782. The smallest absolute Gasteiger partial charge is 0.522 e. The van der Waals surface area contributed by atoms with Gasteiger partial charge in [0.2, 0.25) is 11.8 Å². The number of aryl methyl sites for hydroxylation is 1. The average molecular weight is 377 g/mol. The summed E-state index contributed by atoms with van der Waals surface area (Å²) < 4.78 is 11.0. The number of benzene rings is 1. The minimum atomic E-state index is -1.23. The minimum absolute atomic E-state index is 0.110. The Morgan fingerprint density at radius 2 is 2.07 bits per heavy atom. The molecular formula is C16H20BN3O7.